The van der Waals surface area contributed by atoms with Crippen molar-refractivity contribution in [1.82, 2.24) is 9.47 Å². The number of aliphatic hydroxyl groups is 2. The van der Waals surface area contributed by atoms with E-state index in [1.165, 1.54) is 16.6 Å². The normalized spacial score (nSPS) is 20.8. The van der Waals surface area contributed by atoms with E-state index in [0.29, 0.717) is 28.5 Å². The number of likely N-dealkylation sites (tertiary alicyclic amines) is 1. The van der Waals surface area contributed by atoms with Crippen LogP contribution in [0.4, 0.5) is 5.69 Å². The van der Waals surface area contributed by atoms with Gasteiger partial charge in [0.05, 0.1) is 32.0 Å². The summed E-state index contributed by atoms with van der Waals surface area (Å²) in [5.41, 5.74) is 0.0798. The van der Waals surface area contributed by atoms with Crippen molar-refractivity contribution in [2.24, 2.45) is 5.92 Å². The molecular formula is C32H34ClN3O6. The number of fused-ring (bicyclic) bond motifs is 1. The summed E-state index contributed by atoms with van der Waals surface area (Å²) in [7, 11) is 1.44. The van der Waals surface area contributed by atoms with Crippen molar-refractivity contribution in [2.75, 3.05) is 25.2 Å². The zero-order chi connectivity index (χ0) is 30.0. The van der Waals surface area contributed by atoms with Crippen LogP contribution in [0.5, 0.6) is 5.75 Å². The van der Waals surface area contributed by atoms with Crippen LogP contribution in [-0.2, 0) is 21.7 Å². The molecule has 10 heteroatoms. The minimum Gasteiger partial charge on any atom is -0.491 e. The van der Waals surface area contributed by atoms with Gasteiger partial charge in [0, 0.05) is 41.4 Å². The van der Waals surface area contributed by atoms with E-state index in [-0.39, 0.29) is 42.8 Å². The SMILES string of the molecule is COc1cccn(-c2cccc(CN3C(=O)[C@@](O)([C@@H](C)/C=C/CC(=O)N4CCC[C@H]4CO)c4cc(Cl)ccc43)c2)c1=O. The first-order valence-corrected chi connectivity index (χ1v) is 14.3. The van der Waals surface area contributed by atoms with Crippen LogP contribution in [-0.4, -0.2) is 57.8 Å². The average Bonchev–Trinajstić information content (AvgIpc) is 3.55. The molecule has 0 bridgehead atoms. The molecule has 0 spiro atoms. The molecule has 1 aromatic heterocycles. The van der Waals surface area contributed by atoms with Crippen LogP contribution < -0.4 is 15.2 Å². The largest absolute Gasteiger partial charge is 0.491 e. The third-order valence-electron chi connectivity index (χ3n) is 8.18. The molecule has 3 atom stereocenters. The van der Waals surface area contributed by atoms with E-state index in [4.69, 9.17) is 16.3 Å². The Bertz CT molecular complexity index is 1590. The fourth-order valence-electron chi connectivity index (χ4n) is 5.88. The number of carbonyl (C=O) groups is 2. The summed E-state index contributed by atoms with van der Waals surface area (Å²) in [5.74, 6) is -1.06. The van der Waals surface area contributed by atoms with E-state index in [9.17, 15) is 24.6 Å². The summed E-state index contributed by atoms with van der Waals surface area (Å²) >= 11 is 6.31. The maximum Gasteiger partial charge on any atom is 0.297 e. The van der Waals surface area contributed by atoms with Gasteiger partial charge in [-0.05, 0) is 60.9 Å². The van der Waals surface area contributed by atoms with Crippen LogP contribution in [0.2, 0.25) is 5.02 Å². The molecule has 0 unspecified atom stereocenters. The number of aliphatic hydroxyl groups excluding tert-OH is 1. The van der Waals surface area contributed by atoms with Gasteiger partial charge in [0.25, 0.3) is 11.5 Å². The van der Waals surface area contributed by atoms with E-state index >= 15 is 0 Å². The van der Waals surface area contributed by atoms with Gasteiger partial charge in [-0.15, -0.1) is 0 Å². The first kappa shape index (κ1) is 29.6. The standard InChI is InChI=1S/C32H34ClN3O6/c1-21(7-3-12-29(38)34-15-5-10-25(34)20-37)32(41)26-18-23(33)13-14-27(26)36(31(32)40)19-22-8-4-9-24(17-22)35-16-6-11-28(42-2)30(35)39/h3-4,6-9,11,13-14,16-18,21,25,37,41H,5,10,12,15,19-20H2,1-2H3/b7-3+/t21-,25-,32+/m0/s1. The van der Waals surface area contributed by atoms with Gasteiger partial charge in [0.15, 0.2) is 11.4 Å². The van der Waals surface area contributed by atoms with Gasteiger partial charge in [-0.25, -0.2) is 0 Å². The average molecular weight is 592 g/mol. The summed E-state index contributed by atoms with van der Waals surface area (Å²) in [5, 5.41) is 21.9. The topological polar surface area (TPSA) is 112 Å². The highest BCUT2D eigenvalue weighted by molar-refractivity contribution is 6.31. The lowest BCUT2D eigenvalue weighted by atomic mass is 9.83. The predicted molar refractivity (Wildman–Crippen MR) is 160 cm³/mol. The number of halogens is 1. The summed E-state index contributed by atoms with van der Waals surface area (Å²) in [6.45, 7) is 2.43. The molecule has 5 rings (SSSR count). The molecule has 0 aliphatic carbocycles. The highest BCUT2D eigenvalue weighted by atomic mass is 35.5. The van der Waals surface area contributed by atoms with Crippen molar-refractivity contribution in [2.45, 2.75) is 44.4 Å². The van der Waals surface area contributed by atoms with Gasteiger partial charge in [-0.1, -0.05) is 42.8 Å². The monoisotopic (exact) mass is 591 g/mol. The van der Waals surface area contributed by atoms with E-state index in [0.717, 1.165) is 18.4 Å². The van der Waals surface area contributed by atoms with Crippen molar-refractivity contribution < 1.29 is 24.5 Å². The molecule has 0 saturated carbocycles. The molecular weight excluding hydrogens is 558 g/mol. The number of anilines is 1. The molecule has 2 amide bonds. The Labute approximate surface area is 249 Å². The lowest BCUT2D eigenvalue weighted by Crippen LogP contribution is -2.44. The highest BCUT2D eigenvalue weighted by Crippen LogP contribution is 2.46. The number of pyridine rings is 1. The van der Waals surface area contributed by atoms with Gasteiger partial charge >= 0.3 is 0 Å². The fraction of sp³-hybridized carbons (Fsp3) is 0.344. The minimum absolute atomic E-state index is 0.0628. The summed E-state index contributed by atoms with van der Waals surface area (Å²) in [6, 6.07) is 15.4. The van der Waals surface area contributed by atoms with Crippen LogP contribution in [0, 0.1) is 5.92 Å². The number of rotatable bonds is 9. The lowest BCUT2D eigenvalue weighted by Gasteiger charge is -2.28. The van der Waals surface area contributed by atoms with Crippen molar-refractivity contribution in [3.8, 4) is 11.4 Å². The van der Waals surface area contributed by atoms with Crippen LogP contribution >= 0.6 is 11.6 Å². The first-order chi connectivity index (χ1) is 20.2. The molecule has 2 aliphatic heterocycles. The number of amides is 2. The zero-order valence-corrected chi connectivity index (χ0v) is 24.3. The summed E-state index contributed by atoms with van der Waals surface area (Å²) < 4.78 is 6.64. The maximum atomic E-state index is 13.9. The zero-order valence-electron chi connectivity index (χ0n) is 23.6. The van der Waals surface area contributed by atoms with Gasteiger partial charge in [-0.2, -0.15) is 0 Å². The van der Waals surface area contributed by atoms with E-state index in [2.05, 4.69) is 0 Å². The molecule has 42 heavy (non-hydrogen) atoms. The molecule has 0 radical (unpaired) electrons. The molecule has 2 aromatic carbocycles. The Morgan fingerprint density at radius 1 is 1.19 bits per heavy atom. The second-order valence-electron chi connectivity index (χ2n) is 10.7. The van der Waals surface area contributed by atoms with E-state index in [1.807, 2.05) is 12.1 Å². The molecule has 220 valence electrons. The van der Waals surface area contributed by atoms with Crippen molar-refractivity contribution >= 4 is 29.1 Å². The lowest BCUT2D eigenvalue weighted by molar-refractivity contribution is -0.139. The molecule has 1 fully saturated rings. The second-order valence-corrected chi connectivity index (χ2v) is 11.2. The highest BCUT2D eigenvalue weighted by Gasteiger charge is 2.52. The van der Waals surface area contributed by atoms with Gasteiger partial charge in [0.1, 0.15) is 0 Å². The van der Waals surface area contributed by atoms with Crippen molar-refractivity contribution in [3.05, 3.63) is 99.4 Å². The van der Waals surface area contributed by atoms with E-state index < -0.39 is 17.4 Å². The molecule has 2 N–H and O–H groups in total. The third-order valence-corrected chi connectivity index (χ3v) is 8.41. The number of benzene rings is 2. The fourth-order valence-corrected chi connectivity index (χ4v) is 6.05. The van der Waals surface area contributed by atoms with Gasteiger partial charge in [0.2, 0.25) is 5.91 Å². The molecule has 1 saturated heterocycles. The maximum absolute atomic E-state index is 13.9. The molecule has 9 nitrogen and oxygen atoms in total. The molecule has 3 heterocycles. The Hall–Kier alpha value is -3.92. The van der Waals surface area contributed by atoms with Crippen molar-refractivity contribution in [1.29, 1.82) is 0 Å². The molecule has 2 aliphatic rings. The number of ether oxygens (including phenoxy) is 1. The summed E-state index contributed by atoms with van der Waals surface area (Å²) in [4.78, 5) is 42.7. The number of nitrogens with zero attached hydrogens (tertiary/aromatic N) is 3. The van der Waals surface area contributed by atoms with Crippen LogP contribution in [0.3, 0.4) is 0 Å². The van der Waals surface area contributed by atoms with Crippen LogP contribution in [0.1, 0.15) is 37.3 Å². The number of hydrogen-bond acceptors (Lipinski definition) is 6. The van der Waals surface area contributed by atoms with Gasteiger partial charge < -0.3 is 24.7 Å². The number of carbonyl (C=O) groups excluding carboxylic acids is 2. The number of aromatic nitrogens is 1. The second kappa shape index (κ2) is 12.1. The third kappa shape index (κ3) is 5.35. The Morgan fingerprint density at radius 2 is 2.00 bits per heavy atom. The minimum atomic E-state index is -1.90. The summed E-state index contributed by atoms with van der Waals surface area (Å²) in [6.07, 6.45) is 6.75. The Balaban J connectivity index is 1.40. The Kier molecular flexibility index (Phi) is 8.54. The first-order valence-electron chi connectivity index (χ1n) is 13.9. The number of hydrogen-bond donors (Lipinski definition) is 2. The molecule has 3 aromatic rings. The van der Waals surface area contributed by atoms with Crippen LogP contribution in [0.25, 0.3) is 5.69 Å². The smallest absolute Gasteiger partial charge is 0.297 e. The van der Waals surface area contributed by atoms with E-state index in [1.54, 1.807) is 72.6 Å². The number of methoxy groups -OCH3 is 1. The van der Waals surface area contributed by atoms with Crippen LogP contribution in [0.15, 0.2) is 77.7 Å². The van der Waals surface area contributed by atoms with Gasteiger partial charge in [-0.3, -0.25) is 19.0 Å². The quantitative estimate of drug-likeness (QED) is 0.366. The predicted octanol–water partition coefficient (Wildman–Crippen LogP) is 3.80. The van der Waals surface area contributed by atoms with Crippen molar-refractivity contribution in [3.63, 3.8) is 0 Å². The Morgan fingerprint density at radius 3 is 2.76 bits per heavy atom.